The van der Waals surface area contributed by atoms with Crippen LogP contribution in [0.3, 0.4) is 0 Å². The minimum Gasteiger partial charge on any atom is -0.508 e. The molecule has 6 aromatic rings. The zero-order chi connectivity index (χ0) is 40.1. The second kappa shape index (κ2) is 17.3. The van der Waals surface area contributed by atoms with Crippen molar-refractivity contribution in [2.24, 2.45) is 23.3 Å². The van der Waals surface area contributed by atoms with Gasteiger partial charge in [0.25, 0.3) is 0 Å². The van der Waals surface area contributed by atoms with E-state index in [9.17, 15) is 14.7 Å². The molecule has 0 radical (unpaired) electrons. The molecule has 0 bridgehead atoms. The van der Waals surface area contributed by atoms with Crippen LogP contribution in [-0.2, 0) is 28.9 Å². The van der Waals surface area contributed by atoms with Crippen LogP contribution >= 0.6 is 0 Å². The number of amides is 1. The Hall–Kier alpha value is -6.27. The number of likely N-dealkylation sites (tertiary alicyclic amines) is 1. The van der Waals surface area contributed by atoms with Crippen LogP contribution in [-0.4, -0.2) is 61.9 Å². The van der Waals surface area contributed by atoms with E-state index in [-0.39, 0.29) is 48.0 Å². The van der Waals surface area contributed by atoms with E-state index in [1.807, 2.05) is 62.5 Å². The van der Waals surface area contributed by atoms with Gasteiger partial charge in [0.05, 0.1) is 6.04 Å². The minimum absolute atomic E-state index is 0.0118. The van der Waals surface area contributed by atoms with Gasteiger partial charge in [0.1, 0.15) is 11.8 Å². The Morgan fingerprint density at radius 3 is 2.33 bits per heavy atom. The number of aryl methyl sites for hydroxylation is 2. The number of guanidine groups is 1. The summed E-state index contributed by atoms with van der Waals surface area (Å²) in [6.07, 6.45) is 4.16. The molecule has 1 unspecified atom stereocenters. The normalized spacial score (nSPS) is 15.0. The molecule has 1 saturated heterocycles. The van der Waals surface area contributed by atoms with Gasteiger partial charge in [-0.05, 0) is 96.2 Å². The smallest absolute Gasteiger partial charge is 0.249 e. The number of phenolic OH excluding ortho intramolecular Hbond substituents is 1. The summed E-state index contributed by atoms with van der Waals surface area (Å²) in [5, 5.41) is 26.6. The molecule has 1 amide bonds. The first-order valence-electron chi connectivity index (χ1n) is 19.5. The van der Waals surface area contributed by atoms with Crippen LogP contribution < -0.4 is 16.8 Å². The van der Waals surface area contributed by atoms with Gasteiger partial charge in [0, 0.05) is 55.4 Å². The number of carbonyl (C=O) groups is 2. The highest BCUT2D eigenvalue weighted by atomic mass is 16.5. The SMILES string of the molecule is Cc1cc(O)cc(C)c1C[C@H](CC(=O)C(N)C1CCN(C(=N)N)CC1)C(=O)N[C@@H](Cc1c[nH]c2ccccc12)c1nc(Cc2ccc(-c3ccccc3)cc2)no1. The van der Waals surface area contributed by atoms with E-state index in [4.69, 9.17) is 26.4 Å². The van der Waals surface area contributed by atoms with Crippen LogP contribution in [0.2, 0.25) is 0 Å². The third-order valence-electron chi connectivity index (χ3n) is 11.3. The first-order valence-corrected chi connectivity index (χ1v) is 19.5. The molecular weight excluding hydrogens is 717 g/mol. The number of nitrogens with two attached hydrogens (primary N) is 2. The van der Waals surface area contributed by atoms with Gasteiger partial charge in [-0.15, -0.1) is 0 Å². The molecule has 2 aromatic heterocycles. The zero-order valence-electron chi connectivity index (χ0n) is 32.4. The summed E-state index contributed by atoms with van der Waals surface area (Å²) in [5.74, 6) is -0.499. The zero-order valence-corrected chi connectivity index (χ0v) is 32.4. The Kier molecular flexibility index (Phi) is 11.8. The third kappa shape index (κ3) is 9.24. The standard InChI is InChI=1S/C45H50N8O4/c1-27-20-35(54)21-28(2)37(27)23-33(25-40(55)42(46)32-16-18-53(19-17-32)45(47)48)43(56)50-39(24-34-26-49-38-11-7-6-10-36(34)38)44-51-41(52-57-44)22-29-12-14-31(15-13-29)30-8-4-3-5-9-30/h3-15,20-21,26,32-33,39,42,49,54H,16-19,22-25,46H2,1-2H3,(H3,47,48)(H,50,56)/t33-,39+,42?/m1/s1. The number of Topliss-reactive ketones (excluding diaryl/α,β-unsaturated/α-hetero) is 1. The number of aromatic hydroxyl groups is 1. The Balaban J connectivity index is 1.15. The summed E-state index contributed by atoms with van der Waals surface area (Å²) in [4.78, 5) is 38.5. The largest absolute Gasteiger partial charge is 0.508 e. The maximum absolute atomic E-state index is 14.6. The van der Waals surface area contributed by atoms with Gasteiger partial charge in [-0.1, -0.05) is 78.0 Å². The molecule has 294 valence electrons. The number of aromatic amines is 1. The molecule has 1 aliphatic heterocycles. The molecule has 4 aromatic carbocycles. The van der Waals surface area contributed by atoms with Crippen molar-refractivity contribution in [3.63, 3.8) is 0 Å². The first kappa shape index (κ1) is 39.0. The van der Waals surface area contributed by atoms with Gasteiger partial charge in [0.15, 0.2) is 17.6 Å². The number of fused-ring (bicyclic) bond motifs is 1. The fourth-order valence-corrected chi connectivity index (χ4v) is 8.06. The van der Waals surface area contributed by atoms with Gasteiger partial charge >= 0.3 is 0 Å². The van der Waals surface area contributed by atoms with E-state index in [2.05, 4.69) is 51.9 Å². The van der Waals surface area contributed by atoms with Crippen molar-refractivity contribution in [1.82, 2.24) is 25.3 Å². The van der Waals surface area contributed by atoms with E-state index < -0.39 is 18.0 Å². The molecular formula is C45H50N8O4. The lowest BCUT2D eigenvalue weighted by atomic mass is 9.82. The van der Waals surface area contributed by atoms with Crippen molar-refractivity contribution < 1.29 is 19.2 Å². The number of para-hydroxylation sites is 1. The predicted molar refractivity (Wildman–Crippen MR) is 220 cm³/mol. The van der Waals surface area contributed by atoms with Crippen LogP contribution in [0.1, 0.15) is 64.8 Å². The average Bonchev–Trinajstić information content (AvgIpc) is 3.86. The maximum atomic E-state index is 14.6. The van der Waals surface area contributed by atoms with Crippen LogP contribution in [0, 0.1) is 31.1 Å². The number of nitrogens with one attached hydrogen (secondary N) is 3. The molecule has 0 saturated carbocycles. The van der Waals surface area contributed by atoms with E-state index in [1.165, 1.54) is 0 Å². The summed E-state index contributed by atoms with van der Waals surface area (Å²) >= 11 is 0. The highest BCUT2D eigenvalue weighted by molar-refractivity contribution is 5.90. The summed E-state index contributed by atoms with van der Waals surface area (Å²) in [5.41, 5.74) is 20.0. The quantitative estimate of drug-likeness (QED) is 0.0545. The predicted octanol–water partition coefficient (Wildman–Crippen LogP) is 6.28. The Labute approximate surface area is 332 Å². The van der Waals surface area contributed by atoms with Gasteiger partial charge < -0.3 is 36.3 Å². The van der Waals surface area contributed by atoms with E-state index in [1.54, 1.807) is 17.0 Å². The van der Waals surface area contributed by atoms with Crippen LogP contribution in [0.5, 0.6) is 5.75 Å². The lowest BCUT2D eigenvalue weighted by Crippen LogP contribution is -2.48. The number of nitrogens with zero attached hydrogens (tertiary/aromatic N) is 3. The molecule has 8 N–H and O–H groups in total. The molecule has 7 rings (SSSR count). The minimum atomic E-state index is -0.779. The molecule has 3 heterocycles. The van der Waals surface area contributed by atoms with Gasteiger partial charge in [-0.2, -0.15) is 4.98 Å². The van der Waals surface area contributed by atoms with Crippen molar-refractivity contribution in [2.45, 2.75) is 64.5 Å². The Bertz CT molecular complexity index is 2320. The van der Waals surface area contributed by atoms with Crippen molar-refractivity contribution in [3.8, 4) is 16.9 Å². The van der Waals surface area contributed by atoms with Crippen molar-refractivity contribution in [1.29, 1.82) is 5.41 Å². The van der Waals surface area contributed by atoms with Gasteiger partial charge in [0.2, 0.25) is 11.8 Å². The summed E-state index contributed by atoms with van der Waals surface area (Å²) in [6, 6.07) is 28.3. The summed E-state index contributed by atoms with van der Waals surface area (Å²) < 4.78 is 5.90. The fourth-order valence-electron chi connectivity index (χ4n) is 8.06. The molecule has 12 nitrogen and oxygen atoms in total. The van der Waals surface area contributed by atoms with Crippen molar-refractivity contribution in [3.05, 3.63) is 137 Å². The maximum Gasteiger partial charge on any atom is 0.249 e. The topological polar surface area (TPSA) is 200 Å². The number of piperidine rings is 1. The molecule has 3 atom stereocenters. The van der Waals surface area contributed by atoms with Crippen molar-refractivity contribution in [2.75, 3.05) is 13.1 Å². The van der Waals surface area contributed by atoms with E-state index >= 15 is 0 Å². The van der Waals surface area contributed by atoms with Crippen molar-refractivity contribution >= 4 is 28.6 Å². The number of rotatable bonds is 14. The highest BCUT2D eigenvalue weighted by Crippen LogP contribution is 2.29. The van der Waals surface area contributed by atoms with Crippen LogP contribution in [0.15, 0.2) is 102 Å². The lowest BCUT2D eigenvalue weighted by molar-refractivity contribution is -0.131. The highest BCUT2D eigenvalue weighted by Gasteiger charge is 2.34. The van der Waals surface area contributed by atoms with Gasteiger partial charge in [-0.25, -0.2) is 0 Å². The van der Waals surface area contributed by atoms with E-state index in [0.29, 0.717) is 44.6 Å². The number of aromatic nitrogens is 3. The average molecular weight is 767 g/mol. The summed E-state index contributed by atoms with van der Waals surface area (Å²) in [7, 11) is 0. The number of phenols is 1. The Morgan fingerprint density at radius 2 is 1.63 bits per heavy atom. The number of ketones is 1. The molecule has 1 fully saturated rings. The molecule has 0 spiro atoms. The van der Waals surface area contributed by atoms with Crippen LogP contribution in [0.4, 0.5) is 0 Å². The second-order valence-electron chi connectivity index (χ2n) is 15.3. The molecule has 12 heteroatoms. The molecule has 1 aliphatic rings. The third-order valence-corrected chi connectivity index (χ3v) is 11.3. The lowest BCUT2D eigenvalue weighted by Gasteiger charge is -2.34. The number of H-pyrrole nitrogens is 1. The second-order valence-corrected chi connectivity index (χ2v) is 15.3. The van der Waals surface area contributed by atoms with Gasteiger partial charge in [-0.3, -0.25) is 15.0 Å². The summed E-state index contributed by atoms with van der Waals surface area (Å²) in [6.45, 7) is 4.89. The monoisotopic (exact) mass is 766 g/mol. The fraction of sp³-hybridized carbons (Fsp3) is 0.311. The first-order chi connectivity index (χ1) is 27.5. The number of hydrogen-bond acceptors (Lipinski definition) is 8. The van der Waals surface area contributed by atoms with E-state index in [0.717, 1.165) is 49.8 Å². The number of hydrogen-bond donors (Lipinski definition) is 6. The number of benzene rings is 4. The number of carbonyl (C=O) groups excluding carboxylic acids is 2. The Morgan fingerprint density at radius 1 is 0.965 bits per heavy atom. The van der Waals surface area contributed by atoms with Crippen LogP contribution in [0.25, 0.3) is 22.0 Å². The molecule has 0 aliphatic carbocycles. The molecule has 57 heavy (non-hydrogen) atoms.